The van der Waals surface area contributed by atoms with Crippen molar-refractivity contribution in [2.24, 2.45) is 0 Å². The van der Waals surface area contributed by atoms with Gasteiger partial charge in [-0.05, 0) is 39.7 Å². The maximum Gasteiger partial charge on any atom is 0.169 e. The topological polar surface area (TPSA) is 39.2 Å². The zero-order valence-electron chi connectivity index (χ0n) is 6.83. The summed E-state index contributed by atoms with van der Waals surface area (Å²) in [4.78, 5) is 0. The van der Waals surface area contributed by atoms with Gasteiger partial charge in [0.1, 0.15) is 0 Å². The van der Waals surface area contributed by atoms with Crippen LogP contribution in [0.2, 0.25) is 0 Å². The predicted octanol–water partition coefficient (Wildman–Crippen LogP) is 3.29. The highest BCUT2D eigenvalue weighted by Gasteiger charge is 2.01. The van der Waals surface area contributed by atoms with Crippen molar-refractivity contribution in [1.29, 1.82) is 0 Å². The van der Waals surface area contributed by atoms with Crippen LogP contribution in [0.3, 0.4) is 0 Å². The van der Waals surface area contributed by atoms with Gasteiger partial charge in [0, 0.05) is 11.3 Å². The van der Waals surface area contributed by atoms with Crippen molar-refractivity contribution in [3.05, 3.63) is 41.3 Å². The van der Waals surface area contributed by atoms with E-state index in [0.717, 1.165) is 21.5 Å². The molecule has 2 nitrogen and oxygen atoms in total. The summed E-state index contributed by atoms with van der Waals surface area (Å²) >= 11 is 3.25. The lowest BCUT2D eigenvalue weighted by Gasteiger charge is -1.97. The molecule has 0 saturated carbocycles. The highest BCUT2D eigenvalue weighted by Crippen LogP contribution is 2.25. The molecule has 0 aliphatic heterocycles. The molecule has 0 atom stereocenters. The number of anilines is 1. The van der Waals surface area contributed by atoms with Crippen molar-refractivity contribution < 1.29 is 4.42 Å². The third-order valence-electron chi connectivity index (χ3n) is 1.79. The Hall–Kier alpha value is -1.22. The second-order valence-electron chi connectivity index (χ2n) is 2.76. The number of furan rings is 1. The fraction of sp³-hybridized carbons (Fsp3) is 0. The summed E-state index contributed by atoms with van der Waals surface area (Å²) in [5, 5.41) is 0. The fourth-order valence-electron chi connectivity index (χ4n) is 1.18. The Morgan fingerprint density at radius 3 is 2.62 bits per heavy atom. The van der Waals surface area contributed by atoms with Gasteiger partial charge in [-0.15, -0.1) is 0 Å². The summed E-state index contributed by atoms with van der Waals surface area (Å²) in [5.74, 6) is 0. The van der Waals surface area contributed by atoms with Gasteiger partial charge in [-0.2, -0.15) is 0 Å². The van der Waals surface area contributed by atoms with Crippen molar-refractivity contribution in [3.8, 4) is 11.1 Å². The van der Waals surface area contributed by atoms with Crippen molar-refractivity contribution in [1.82, 2.24) is 0 Å². The quantitative estimate of drug-likeness (QED) is 0.774. The molecule has 1 aromatic heterocycles. The number of nitrogen functional groups attached to an aromatic ring is 1. The SMILES string of the molecule is Nc1cccc(-c2coc(Br)c2)c1. The monoisotopic (exact) mass is 237 g/mol. The van der Waals surface area contributed by atoms with Crippen LogP contribution >= 0.6 is 15.9 Å². The van der Waals surface area contributed by atoms with Gasteiger partial charge in [-0.3, -0.25) is 0 Å². The summed E-state index contributed by atoms with van der Waals surface area (Å²) in [5.41, 5.74) is 8.51. The molecular weight excluding hydrogens is 230 g/mol. The summed E-state index contributed by atoms with van der Waals surface area (Å²) in [6, 6.07) is 9.60. The summed E-state index contributed by atoms with van der Waals surface area (Å²) in [7, 11) is 0. The van der Waals surface area contributed by atoms with Gasteiger partial charge in [0.2, 0.25) is 0 Å². The highest BCUT2D eigenvalue weighted by molar-refractivity contribution is 9.10. The molecule has 13 heavy (non-hydrogen) atoms. The molecule has 0 unspecified atom stereocenters. The number of halogens is 1. The molecular formula is C10H8BrNO. The molecule has 0 fully saturated rings. The van der Waals surface area contributed by atoms with Crippen LogP contribution in [-0.2, 0) is 0 Å². The molecule has 0 saturated heterocycles. The van der Waals surface area contributed by atoms with E-state index in [0.29, 0.717) is 0 Å². The number of hydrogen-bond donors (Lipinski definition) is 1. The largest absolute Gasteiger partial charge is 0.457 e. The van der Waals surface area contributed by atoms with E-state index in [4.69, 9.17) is 10.2 Å². The van der Waals surface area contributed by atoms with Crippen LogP contribution in [0.15, 0.2) is 45.7 Å². The number of benzene rings is 1. The molecule has 0 amide bonds. The van der Waals surface area contributed by atoms with Gasteiger partial charge in [0.05, 0.1) is 6.26 Å². The van der Waals surface area contributed by atoms with E-state index in [9.17, 15) is 0 Å². The fourth-order valence-corrected chi connectivity index (χ4v) is 1.52. The summed E-state index contributed by atoms with van der Waals surface area (Å²) in [6.45, 7) is 0. The van der Waals surface area contributed by atoms with Gasteiger partial charge in [0.15, 0.2) is 4.67 Å². The first-order valence-corrected chi connectivity index (χ1v) is 4.65. The van der Waals surface area contributed by atoms with Crippen LogP contribution in [0.4, 0.5) is 5.69 Å². The second kappa shape index (κ2) is 3.26. The third kappa shape index (κ3) is 1.75. The molecule has 3 heteroatoms. The molecule has 1 aromatic carbocycles. The molecule has 0 aliphatic carbocycles. The number of rotatable bonds is 1. The Morgan fingerprint density at radius 2 is 2.00 bits per heavy atom. The van der Waals surface area contributed by atoms with Crippen molar-refractivity contribution >= 4 is 21.6 Å². The molecule has 0 bridgehead atoms. The second-order valence-corrected chi connectivity index (χ2v) is 3.55. The lowest BCUT2D eigenvalue weighted by molar-refractivity contribution is 0.542. The van der Waals surface area contributed by atoms with Gasteiger partial charge in [-0.25, -0.2) is 0 Å². The van der Waals surface area contributed by atoms with E-state index >= 15 is 0 Å². The van der Waals surface area contributed by atoms with Gasteiger partial charge in [-0.1, -0.05) is 12.1 Å². The van der Waals surface area contributed by atoms with E-state index in [1.54, 1.807) is 6.26 Å². The van der Waals surface area contributed by atoms with Crippen LogP contribution in [0.1, 0.15) is 0 Å². The number of hydrogen-bond acceptors (Lipinski definition) is 2. The van der Waals surface area contributed by atoms with Crippen LogP contribution < -0.4 is 5.73 Å². The molecule has 0 radical (unpaired) electrons. The van der Waals surface area contributed by atoms with E-state index < -0.39 is 0 Å². The molecule has 0 aliphatic rings. The highest BCUT2D eigenvalue weighted by atomic mass is 79.9. The Labute approximate surface area is 84.5 Å². The van der Waals surface area contributed by atoms with Crippen LogP contribution in [-0.4, -0.2) is 0 Å². The van der Waals surface area contributed by atoms with Crippen LogP contribution in [0, 0.1) is 0 Å². The average molecular weight is 238 g/mol. The van der Waals surface area contributed by atoms with Gasteiger partial charge >= 0.3 is 0 Å². The normalized spacial score (nSPS) is 10.2. The Morgan fingerprint density at radius 1 is 1.15 bits per heavy atom. The zero-order chi connectivity index (χ0) is 9.26. The minimum Gasteiger partial charge on any atom is -0.457 e. The first-order valence-electron chi connectivity index (χ1n) is 3.85. The van der Waals surface area contributed by atoms with Gasteiger partial charge < -0.3 is 10.2 Å². The Kier molecular flexibility index (Phi) is 2.10. The zero-order valence-corrected chi connectivity index (χ0v) is 8.41. The van der Waals surface area contributed by atoms with E-state index in [1.807, 2.05) is 30.3 Å². The first-order chi connectivity index (χ1) is 6.25. The lowest BCUT2D eigenvalue weighted by atomic mass is 10.1. The third-order valence-corrected chi connectivity index (χ3v) is 2.20. The van der Waals surface area contributed by atoms with Crippen LogP contribution in [0.25, 0.3) is 11.1 Å². The maximum absolute atomic E-state index is 5.66. The standard InChI is InChI=1S/C10H8BrNO/c11-10-5-8(6-13-10)7-2-1-3-9(12)4-7/h1-6H,12H2. The first kappa shape index (κ1) is 8.38. The molecule has 1 heterocycles. The summed E-state index contributed by atoms with van der Waals surface area (Å²) < 4.78 is 5.86. The maximum atomic E-state index is 5.66. The summed E-state index contributed by atoms with van der Waals surface area (Å²) in [6.07, 6.45) is 1.69. The van der Waals surface area contributed by atoms with Crippen molar-refractivity contribution in [3.63, 3.8) is 0 Å². The molecule has 0 spiro atoms. The Balaban J connectivity index is 2.46. The minimum atomic E-state index is 0.727. The van der Waals surface area contributed by atoms with E-state index in [1.165, 1.54) is 0 Å². The molecule has 2 aromatic rings. The Bertz CT molecular complexity index is 422. The lowest BCUT2D eigenvalue weighted by Crippen LogP contribution is -1.83. The van der Waals surface area contributed by atoms with Crippen LogP contribution in [0.5, 0.6) is 0 Å². The molecule has 2 rings (SSSR count). The smallest absolute Gasteiger partial charge is 0.169 e. The van der Waals surface area contributed by atoms with E-state index in [-0.39, 0.29) is 0 Å². The van der Waals surface area contributed by atoms with Crippen molar-refractivity contribution in [2.45, 2.75) is 0 Å². The van der Waals surface area contributed by atoms with E-state index in [2.05, 4.69) is 15.9 Å². The predicted molar refractivity (Wildman–Crippen MR) is 56.3 cm³/mol. The average Bonchev–Trinajstić information content (AvgIpc) is 2.52. The minimum absolute atomic E-state index is 0.727. The number of nitrogens with two attached hydrogens (primary N) is 1. The molecule has 2 N–H and O–H groups in total. The molecule has 66 valence electrons. The van der Waals surface area contributed by atoms with Crippen molar-refractivity contribution in [2.75, 3.05) is 5.73 Å². The van der Waals surface area contributed by atoms with Gasteiger partial charge in [0.25, 0.3) is 0 Å².